The average molecular weight is 387 g/mol. The van der Waals surface area contributed by atoms with Gasteiger partial charge in [-0.2, -0.15) is 0 Å². The van der Waals surface area contributed by atoms with Crippen LogP contribution in [0.2, 0.25) is 0 Å². The Labute approximate surface area is 174 Å². The molecule has 0 unspecified atom stereocenters. The molecule has 0 spiro atoms. The summed E-state index contributed by atoms with van der Waals surface area (Å²) in [5, 5.41) is 0. The van der Waals surface area contributed by atoms with Crippen molar-refractivity contribution in [3.63, 3.8) is 0 Å². The fourth-order valence-corrected chi connectivity index (χ4v) is 9.32. The van der Waals surface area contributed by atoms with E-state index >= 15 is 0 Å². The molecule has 4 aliphatic rings. The van der Waals surface area contributed by atoms with Crippen LogP contribution < -0.4 is 0 Å². The van der Waals surface area contributed by atoms with E-state index in [-0.39, 0.29) is 0 Å². The monoisotopic (exact) mass is 386 g/mol. The third-order valence-electron chi connectivity index (χ3n) is 11.2. The molecule has 8 atom stereocenters. The van der Waals surface area contributed by atoms with Gasteiger partial charge in [-0.25, -0.2) is 0 Å². The number of fused-ring (bicyclic) bond motifs is 5. The normalized spacial score (nSPS) is 49.0. The molecule has 160 valence electrons. The Bertz CT molecular complexity index is 607. The number of hydrogen-bond acceptors (Lipinski definition) is 1. The molecule has 4 rings (SSSR count). The summed E-state index contributed by atoms with van der Waals surface area (Å²) in [6.45, 7) is 15.2. The summed E-state index contributed by atoms with van der Waals surface area (Å²) in [5.41, 5.74) is 1.36. The van der Waals surface area contributed by atoms with E-state index < -0.39 is 0 Å². The van der Waals surface area contributed by atoms with Crippen molar-refractivity contribution >= 4 is 5.78 Å². The number of carbonyl (C=O) groups is 1. The van der Waals surface area contributed by atoms with Crippen molar-refractivity contribution in [1.82, 2.24) is 0 Å². The second kappa shape index (κ2) is 7.12. The third kappa shape index (κ3) is 2.88. The summed E-state index contributed by atoms with van der Waals surface area (Å²) in [6, 6.07) is 0. The van der Waals surface area contributed by atoms with Crippen molar-refractivity contribution in [2.75, 3.05) is 0 Å². The second-order valence-electron chi connectivity index (χ2n) is 12.6. The first-order valence-corrected chi connectivity index (χ1v) is 12.7. The Morgan fingerprint density at radius 2 is 1.57 bits per heavy atom. The van der Waals surface area contributed by atoms with Gasteiger partial charge in [0.25, 0.3) is 0 Å². The molecule has 4 saturated carbocycles. The van der Waals surface area contributed by atoms with Crippen molar-refractivity contribution in [3.05, 3.63) is 0 Å². The summed E-state index contributed by atoms with van der Waals surface area (Å²) in [6.07, 6.45) is 14.5. The van der Waals surface area contributed by atoms with Gasteiger partial charge >= 0.3 is 0 Å². The molecule has 0 amide bonds. The zero-order valence-corrected chi connectivity index (χ0v) is 19.7. The van der Waals surface area contributed by atoms with E-state index in [1.54, 1.807) is 0 Å². The van der Waals surface area contributed by atoms with Gasteiger partial charge in [0.05, 0.1) is 0 Å². The van der Waals surface area contributed by atoms with Crippen molar-refractivity contribution in [1.29, 1.82) is 0 Å². The van der Waals surface area contributed by atoms with Crippen molar-refractivity contribution in [3.8, 4) is 0 Å². The highest BCUT2D eigenvalue weighted by atomic mass is 16.1. The van der Waals surface area contributed by atoms with Gasteiger partial charge in [0.15, 0.2) is 0 Å². The van der Waals surface area contributed by atoms with Crippen LogP contribution in [-0.2, 0) is 4.79 Å². The predicted molar refractivity (Wildman–Crippen MR) is 118 cm³/mol. The van der Waals surface area contributed by atoms with Crippen LogP contribution in [0.4, 0.5) is 0 Å². The number of rotatable bonds is 5. The van der Waals surface area contributed by atoms with Gasteiger partial charge < -0.3 is 0 Å². The van der Waals surface area contributed by atoms with Gasteiger partial charge in [-0.3, -0.25) is 4.79 Å². The molecule has 1 nitrogen and oxygen atoms in total. The van der Waals surface area contributed by atoms with E-state index in [2.05, 4.69) is 41.5 Å². The van der Waals surface area contributed by atoms with E-state index in [9.17, 15) is 4.79 Å². The lowest BCUT2D eigenvalue weighted by Crippen LogP contribution is -2.56. The highest BCUT2D eigenvalue weighted by Gasteiger charge is 2.66. The number of hydrogen-bond donors (Lipinski definition) is 0. The topological polar surface area (TPSA) is 17.1 Å². The van der Waals surface area contributed by atoms with Crippen LogP contribution in [0.3, 0.4) is 0 Å². The van der Waals surface area contributed by atoms with E-state index in [4.69, 9.17) is 0 Å². The minimum absolute atomic E-state index is 0.325. The Hall–Kier alpha value is -0.330. The minimum Gasteiger partial charge on any atom is -0.299 e. The van der Waals surface area contributed by atoms with Crippen LogP contribution in [0.5, 0.6) is 0 Å². The summed E-state index contributed by atoms with van der Waals surface area (Å²) < 4.78 is 0. The first-order valence-electron chi connectivity index (χ1n) is 12.7. The van der Waals surface area contributed by atoms with Crippen molar-refractivity contribution in [2.24, 2.45) is 51.8 Å². The molecule has 0 aromatic rings. The van der Waals surface area contributed by atoms with Gasteiger partial charge in [0, 0.05) is 12.3 Å². The highest BCUT2D eigenvalue weighted by molar-refractivity contribution is 5.84. The van der Waals surface area contributed by atoms with Crippen LogP contribution in [0.25, 0.3) is 0 Å². The summed E-state index contributed by atoms with van der Waals surface area (Å²) in [5.74, 6) is 5.31. The summed E-state index contributed by atoms with van der Waals surface area (Å²) in [7, 11) is 0. The maximum Gasteiger partial charge on any atom is 0.136 e. The van der Waals surface area contributed by atoms with E-state index in [1.807, 2.05) is 0 Å². The number of Topliss-reactive ketones (excluding diaryl/α,β-unsaturated/α-hetero) is 1. The molecule has 0 aromatic heterocycles. The molecule has 1 heteroatoms. The third-order valence-corrected chi connectivity index (χ3v) is 11.2. The molecule has 0 radical (unpaired) electrons. The first-order chi connectivity index (χ1) is 13.1. The minimum atomic E-state index is 0.325. The molecular weight excluding hydrogens is 340 g/mol. The number of carbonyl (C=O) groups excluding carboxylic acids is 1. The van der Waals surface area contributed by atoms with Gasteiger partial charge in [-0.1, -0.05) is 60.8 Å². The van der Waals surface area contributed by atoms with Gasteiger partial charge in [0.2, 0.25) is 0 Å². The largest absolute Gasteiger partial charge is 0.299 e. The maximum absolute atomic E-state index is 12.5. The lowest BCUT2D eigenvalue weighted by molar-refractivity contribution is -0.149. The van der Waals surface area contributed by atoms with Gasteiger partial charge in [-0.05, 0) is 90.8 Å². The molecule has 4 fully saturated rings. The highest BCUT2D eigenvalue weighted by Crippen LogP contribution is 2.73. The van der Waals surface area contributed by atoms with Gasteiger partial charge in [0.1, 0.15) is 5.78 Å². The summed E-state index contributed by atoms with van der Waals surface area (Å²) >= 11 is 0. The lowest BCUT2D eigenvalue weighted by Gasteiger charge is -2.62. The quantitative estimate of drug-likeness (QED) is 0.473. The fourth-order valence-electron chi connectivity index (χ4n) is 9.32. The Morgan fingerprint density at radius 3 is 2.29 bits per heavy atom. The van der Waals surface area contributed by atoms with Crippen LogP contribution in [0.1, 0.15) is 112 Å². The lowest BCUT2D eigenvalue weighted by atomic mass is 9.42. The smallest absolute Gasteiger partial charge is 0.136 e. The molecule has 0 heterocycles. The second-order valence-corrected chi connectivity index (χ2v) is 12.6. The maximum atomic E-state index is 12.5. The molecule has 0 aliphatic heterocycles. The van der Waals surface area contributed by atoms with Gasteiger partial charge in [-0.15, -0.1) is 0 Å². The standard InChI is InChI=1S/C27H46O/c1-18(2)8-7-9-19(3)20-12-16-27(6)22-10-11-23-24(28)14-15-25(23,4)21(22)13-17-26(20,27)5/h18-23H,7-17H2,1-6H3/t19-,20+,21-,22+,23+,25-,26-,27+/m1/s1. The van der Waals surface area contributed by atoms with Crippen molar-refractivity contribution < 1.29 is 4.79 Å². The molecule has 0 saturated heterocycles. The summed E-state index contributed by atoms with van der Waals surface area (Å²) in [4.78, 5) is 12.5. The van der Waals surface area contributed by atoms with Crippen LogP contribution in [0, 0.1) is 51.8 Å². The van der Waals surface area contributed by atoms with Crippen molar-refractivity contribution in [2.45, 2.75) is 112 Å². The number of ketones is 1. The Morgan fingerprint density at radius 1 is 0.857 bits per heavy atom. The van der Waals surface area contributed by atoms with E-state index in [0.717, 1.165) is 36.0 Å². The molecule has 0 bridgehead atoms. The van der Waals surface area contributed by atoms with Crippen LogP contribution >= 0.6 is 0 Å². The molecule has 0 N–H and O–H groups in total. The Kier molecular flexibility index (Phi) is 5.32. The molecule has 4 aliphatic carbocycles. The molecule has 28 heavy (non-hydrogen) atoms. The van der Waals surface area contributed by atoms with E-state index in [1.165, 1.54) is 64.2 Å². The average Bonchev–Trinajstić information content (AvgIpc) is 3.08. The molecule has 0 aromatic carbocycles. The Balaban J connectivity index is 1.54. The molecular formula is C27H46O. The predicted octanol–water partition coefficient (Wildman–Crippen LogP) is 7.68. The first kappa shape index (κ1) is 20.9. The zero-order chi connectivity index (χ0) is 20.3. The fraction of sp³-hybridized carbons (Fsp3) is 0.963. The SMILES string of the molecule is CC(C)CCC[C@@H](C)[C@@H]1CC[C@@]2(C)[C@H]3CC[C@H]4C(=O)CC[C@]4(C)[C@@H]3CC[C@]12C. The van der Waals surface area contributed by atoms with E-state index in [0.29, 0.717) is 27.9 Å². The zero-order valence-electron chi connectivity index (χ0n) is 19.7. The van der Waals surface area contributed by atoms with Crippen LogP contribution in [-0.4, -0.2) is 5.78 Å². The van der Waals surface area contributed by atoms with Crippen LogP contribution in [0.15, 0.2) is 0 Å².